The number of benzene rings is 2. The zero-order chi connectivity index (χ0) is 17.6. The number of para-hydroxylation sites is 1. The Bertz CT molecular complexity index is 854. The summed E-state index contributed by atoms with van der Waals surface area (Å²) in [6.45, 7) is 0.529. The van der Waals surface area contributed by atoms with Crippen LogP contribution in [-0.4, -0.2) is 27.2 Å². The monoisotopic (exact) mass is 339 g/mol. The first-order valence-electron chi connectivity index (χ1n) is 7.90. The molecule has 130 valence electrons. The number of hydrogen-bond donors (Lipinski definition) is 2. The molecule has 0 saturated carbocycles. The molecule has 0 aliphatic heterocycles. The van der Waals surface area contributed by atoms with E-state index in [0.717, 1.165) is 22.4 Å². The average Bonchev–Trinajstić information content (AvgIpc) is 3.07. The molecular formula is C19H21N3O3. The van der Waals surface area contributed by atoms with Crippen LogP contribution < -0.4 is 20.1 Å². The first kappa shape index (κ1) is 16.7. The third-order valence-corrected chi connectivity index (χ3v) is 3.78. The molecule has 0 atom stereocenters. The largest absolute Gasteiger partial charge is 0.493 e. The van der Waals surface area contributed by atoms with Crippen molar-refractivity contribution < 1.29 is 13.9 Å². The lowest BCUT2D eigenvalue weighted by Gasteiger charge is -2.13. The van der Waals surface area contributed by atoms with Gasteiger partial charge in [0.15, 0.2) is 17.5 Å². The van der Waals surface area contributed by atoms with Crippen molar-refractivity contribution >= 4 is 22.6 Å². The lowest BCUT2D eigenvalue weighted by atomic mass is 10.2. The minimum atomic E-state index is 0.529. The smallest absolute Gasteiger partial charge is 0.195 e. The van der Waals surface area contributed by atoms with E-state index in [2.05, 4.69) is 15.6 Å². The van der Waals surface area contributed by atoms with Crippen LogP contribution in [0.5, 0.6) is 11.5 Å². The normalized spacial score (nSPS) is 11.4. The van der Waals surface area contributed by atoms with Crippen LogP contribution in [0.1, 0.15) is 5.76 Å². The second-order valence-electron chi connectivity index (χ2n) is 5.37. The van der Waals surface area contributed by atoms with Gasteiger partial charge in [0.25, 0.3) is 0 Å². The van der Waals surface area contributed by atoms with Gasteiger partial charge in [-0.25, -0.2) is 0 Å². The summed E-state index contributed by atoms with van der Waals surface area (Å²) in [6, 6.07) is 15.5. The first-order chi connectivity index (χ1) is 12.2. The number of anilines is 1. The van der Waals surface area contributed by atoms with Crippen LogP contribution >= 0.6 is 0 Å². The Kier molecular flexibility index (Phi) is 5.09. The third-order valence-electron chi connectivity index (χ3n) is 3.78. The average molecular weight is 339 g/mol. The predicted molar refractivity (Wildman–Crippen MR) is 99.6 cm³/mol. The number of ether oxygens (including phenoxy) is 2. The summed E-state index contributed by atoms with van der Waals surface area (Å²) in [7, 11) is 4.93. The highest BCUT2D eigenvalue weighted by Crippen LogP contribution is 2.29. The molecule has 2 aromatic carbocycles. The van der Waals surface area contributed by atoms with Crippen LogP contribution in [0, 0.1) is 0 Å². The molecule has 3 aromatic rings. The van der Waals surface area contributed by atoms with Crippen LogP contribution in [0.4, 0.5) is 5.69 Å². The quantitative estimate of drug-likeness (QED) is 0.549. The molecule has 1 aromatic heterocycles. The Morgan fingerprint density at radius 1 is 1.04 bits per heavy atom. The molecule has 6 heteroatoms. The second kappa shape index (κ2) is 7.61. The van der Waals surface area contributed by atoms with Crippen LogP contribution in [0.15, 0.2) is 57.9 Å². The van der Waals surface area contributed by atoms with Gasteiger partial charge < -0.3 is 24.5 Å². The number of methoxy groups -OCH3 is 2. The SMILES string of the molecule is CN=C(NCc1cc2ccccc2o1)Nc1ccc(OC)c(OC)c1. The van der Waals surface area contributed by atoms with E-state index in [-0.39, 0.29) is 0 Å². The van der Waals surface area contributed by atoms with Crippen molar-refractivity contribution in [1.82, 2.24) is 5.32 Å². The first-order valence-corrected chi connectivity index (χ1v) is 7.90. The molecule has 2 N–H and O–H groups in total. The van der Waals surface area contributed by atoms with Gasteiger partial charge in [-0.3, -0.25) is 4.99 Å². The maximum absolute atomic E-state index is 5.80. The van der Waals surface area contributed by atoms with E-state index in [1.807, 2.05) is 48.5 Å². The van der Waals surface area contributed by atoms with E-state index < -0.39 is 0 Å². The fourth-order valence-corrected chi connectivity index (χ4v) is 2.52. The summed E-state index contributed by atoms with van der Waals surface area (Å²) in [4.78, 5) is 4.23. The fraction of sp³-hybridized carbons (Fsp3) is 0.211. The zero-order valence-electron chi connectivity index (χ0n) is 14.5. The van der Waals surface area contributed by atoms with Gasteiger partial charge in [0, 0.05) is 24.2 Å². The number of aliphatic imine (C=N–C) groups is 1. The third kappa shape index (κ3) is 3.85. The van der Waals surface area contributed by atoms with Crippen molar-refractivity contribution in [3.8, 4) is 11.5 Å². The van der Waals surface area contributed by atoms with Gasteiger partial charge in [0.1, 0.15) is 11.3 Å². The Labute approximate surface area is 146 Å². The molecule has 25 heavy (non-hydrogen) atoms. The minimum Gasteiger partial charge on any atom is -0.493 e. The van der Waals surface area contributed by atoms with E-state index in [0.29, 0.717) is 24.0 Å². The van der Waals surface area contributed by atoms with Gasteiger partial charge in [-0.1, -0.05) is 18.2 Å². The maximum Gasteiger partial charge on any atom is 0.195 e. The predicted octanol–water partition coefficient (Wildman–Crippen LogP) is 3.64. The van der Waals surface area contributed by atoms with E-state index in [9.17, 15) is 0 Å². The molecule has 0 aliphatic carbocycles. The van der Waals surface area contributed by atoms with Crippen molar-refractivity contribution in [1.29, 1.82) is 0 Å². The van der Waals surface area contributed by atoms with E-state index in [1.54, 1.807) is 21.3 Å². The number of guanidine groups is 1. The van der Waals surface area contributed by atoms with Crippen LogP contribution in [0.2, 0.25) is 0 Å². The fourth-order valence-electron chi connectivity index (χ4n) is 2.52. The molecule has 0 spiro atoms. The molecular weight excluding hydrogens is 318 g/mol. The van der Waals surface area contributed by atoms with Crippen molar-refractivity contribution in [2.45, 2.75) is 6.54 Å². The van der Waals surface area contributed by atoms with Gasteiger partial charge >= 0.3 is 0 Å². The maximum atomic E-state index is 5.80. The number of furan rings is 1. The van der Waals surface area contributed by atoms with Crippen LogP contribution in [-0.2, 0) is 6.54 Å². The van der Waals surface area contributed by atoms with Crippen molar-refractivity contribution in [2.75, 3.05) is 26.6 Å². The van der Waals surface area contributed by atoms with Crippen LogP contribution in [0.25, 0.3) is 11.0 Å². The minimum absolute atomic E-state index is 0.529. The molecule has 3 rings (SSSR count). The van der Waals surface area contributed by atoms with Crippen molar-refractivity contribution in [3.63, 3.8) is 0 Å². The standard InChI is InChI=1S/C19H21N3O3/c1-20-19(22-14-8-9-17(23-2)18(11-14)24-3)21-12-15-10-13-6-4-5-7-16(13)25-15/h4-11H,12H2,1-3H3,(H2,20,21,22). The molecule has 6 nitrogen and oxygen atoms in total. The molecule has 0 saturated heterocycles. The summed E-state index contributed by atoms with van der Waals surface area (Å²) >= 11 is 0. The number of hydrogen-bond acceptors (Lipinski definition) is 4. The topological polar surface area (TPSA) is 68.0 Å². The highest BCUT2D eigenvalue weighted by molar-refractivity contribution is 5.93. The van der Waals surface area contributed by atoms with E-state index in [4.69, 9.17) is 13.9 Å². The summed E-state index contributed by atoms with van der Waals surface area (Å²) in [5.41, 5.74) is 1.72. The van der Waals surface area contributed by atoms with Crippen molar-refractivity contribution in [2.24, 2.45) is 4.99 Å². The van der Waals surface area contributed by atoms with Gasteiger partial charge in [-0.05, 0) is 24.3 Å². The zero-order valence-corrected chi connectivity index (χ0v) is 14.5. The Hall–Kier alpha value is -3.15. The van der Waals surface area contributed by atoms with E-state index >= 15 is 0 Å². The molecule has 1 heterocycles. The van der Waals surface area contributed by atoms with Gasteiger partial charge in [-0.15, -0.1) is 0 Å². The molecule has 0 fully saturated rings. The highest BCUT2D eigenvalue weighted by Gasteiger charge is 2.07. The van der Waals surface area contributed by atoms with Gasteiger partial charge in [-0.2, -0.15) is 0 Å². The lowest BCUT2D eigenvalue weighted by molar-refractivity contribution is 0.355. The number of nitrogens with one attached hydrogen (secondary N) is 2. The van der Waals surface area contributed by atoms with Crippen molar-refractivity contribution in [3.05, 3.63) is 54.3 Å². The lowest BCUT2D eigenvalue weighted by Crippen LogP contribution is -2.30. The Morgan fingerprint density at radius 3 is 2.56 bits per heavy atom. The summed E-state index contributed by atoms with van der Waals surface area (Å²) in [6.07, 6.45) is 0. The number of rotatable bonds is 5. The molecule has 0 unspecified atom stereocenters. The molecule has 0 amide bonds. The molecule has 0 radical (unpaired) electrons. The summed E-state index contributed by atoms with van der Waals surface area (Å²) in [5, 5.41) is 7.54. The van der Waals surface area contributed by atoms with Gasteiger partial charge in [0.2, 0.25) is 0 Å². The Morgan fingerprint density at radius 2 is 1.84 bits per heavy atom. The molecule has 0 bridgehead atoms. The van der Waals surface area contributed by atoms with E-state index in [1.165, 1.54) is 0 Å². The summed E-state index contributed by atoms with van der Waals surface area (Å²) < 4.78 is 16.4. The second-order valence-corrected chi connectivity index (χ2v) is 5.37. The number of fused-ring (bicyclic) bond motifs is 1. The van der Waals surface area contributed by atoms with Gasteiger partial charge in [0.05, 0.1) is 20.8 Å². The number of nitrogens with zero attached hydrogens (tertiary/aromatic N) is 1. The molecule has 0 aliphatic rings. The summed E-state index contributed by atoms with van der Waals surface area (Å²) in [5.74, 6) is 2.81. The Balaban J connectivity index is 1.67. The van der Waals surface area contributed by atoms with Crippen LogP contribution in [0.3, 0.4) is 0 Å². The highest BCUT2D eigenvalue weighted by atomic mass is 16.5.